The topological polar surface area (TPSA) is 91.2 Å². The maximum atomic E-state index is 11.7. The van der Waals surface area contributed by atoms with Crippen molar-refractivity contribution in [3.63, 3.8) is 0 Å². The summed E-state index contributed by atoms with van der Waals surface area (Å²) >= 11 is 0. The van der Waals surface area contributed by atoms with Crippen LogP contribution in [-0.2, 0) is 18.3 Å². The first kappa shape index (κ1) is 15.7. The maximum Gasteiger partial charge on any atom is 0.337 e. The number of aryl methyl sites for hydroxylation is 1. The maximum absolute atomic E-state index is 11.7. The molecular weight excluding hydrogens is 310 g/mol. The summed E-state index contributed by atoms with van der Waals surface area (Å²) in [7, 11) is 4.75. The number of tetrazole rings is 1. The third-order valence-corrected chi connectivity index (χ3v) is 3.75. The Bertz CT molecular complexity index is 891. The standard InChI is InChI=1S/C16H17N5O3/c1-21-14(18-19-20-21)9-17-15-12-6-4-11(16(22)24-3)8-10(12)5-7-13(15)23-2/h4-8,17H,9H2,1-3H3. The Balaban J connectivity index is 2.00. The highest BCUT2D eigenvalue weighted by atomic mass is 16.5. The number of esters is 1. The molecule has 0 unspecified atom stereocenters. The fourth-order valence-electron chi connectivity index (χ4n) is 2.47. The van der Waals surface area contributed by atoms with Crippen molar-refractivity contribution in [1.82, 2.24) is 20.2 Å². The Kier molecular flexibility index (Phi) is 4.28. The van der Waals surface area contributed by atoms with E-state index < -0.39 is 0 Å². The molecule has 8 nitrogen and oxygen atoms in total. The molecule has 8 heteroatoms. The highest BCUT2D eigenvalue weighted by Crippen LogP contribution is 2.34. The van der Waals surface area contributed by atoms with Crippen LogP contribution in [0.25, 0.3) is 10.8 Å². The number of hydrogen-bond donors (Lipinski definition) is 1. The second kappa shape index (κ2) is 6.53. The Morgan fingerprint density at radius 3 is 2.75 bits per heavy atom. The van der Waals surface area contributed by atoms with Crippen molar-refractivity contribution in [2.75, 3.05) is 19.5 Å². The van der Waals surface area contributed by atoms with Crippen molar-refractivity contribution >= 4 is 22.4 Å². The van der Waals surface area contributed by atoms with Crippen LogP contribution >= 0.6 is 0 Å². The predicted molar refractivity (Wildman–Crippen MR) is 88.0 cm³/mol. The normalized spacial score (nSPS) is 10.6. The van der Waals surface area contributed by atoms with E-state index in [1.54, 1.807) is 31.0 Å². The minimum absolute atomic E-state index is 0.368. The quantitative estimate of drug-likeness (QED) is 0.714. The van der Waals surface area contributed by atoms with Crippen LogP contribution in [0.3, 0.4) is 0 Å². The minimum Gasteiger partial charge on any atom is -0.495 e. The predicted octanol–water partition coefficient (Wildman–Crippen LogP) is 1.77. The Morgan fingerprint density at radius 2 is 2.08 bits per heavy atom. The molecule has 124 valence electrons. The minimum atomic E-state index is -0.368. The third kappa shape index (κ3) is 2.85. The zero-order valence-corrected chi connectivity index (χ0v) is 13.6. The van der Waals surface area contributed by atoms with Gasteiger partial charge >= 0.3 is 5.97 Å². The number of benzene rings is 2. The molecular formula is C16H17N5O3. The van der Waals surface area contributed by atoms with Crippen LogP contribution < -0.4 is 10.1 Å². The summed E-state index contributed by atoms with van der Waals surface area (Å²) in [6.07, 6.45) is 0. The molecule has 3 rings (SSSR count). The number of ether oxygens (including phenoxy) is 2. The van der Waals surface area contributed by atoms with Gasteiger partial charge in [-0.05, 0) is 34.0 Å². The van der Waals surface area contributed by atoms with Crippen LogP contribution in [0, 0.1) is 0 Å². The lowest BCUT2D eigenvalue weighted by atomic mass is 10.0. The number of carbonyl (C=O) groups is 1. The van der Waals surface area contributed by atoms with E-state index in [0.29, 0.717) is 23.7 Å². The number of nitrogens with one attached hydrogen (secondary N) is 1. The molecule has 0 saturated carbocycles. The molecule has 0 fully saturated rings. The van der Waals surface area contributed by atoms with E-state index in [2.05, 4.69) is 20.8 Å². The molecule has 0 aliphatic heterocycles. The number of fused-ring (bicyclic) bond motifs is 1. The molecule has 0 spiro atoms. The molecule has 3 aromatic rings. The molecule has 0 bridgehead atoms. The lowest BCUT2D eigenvalue weighted by Crippen LogP contribution is -2.08. The van der Waals surface area contributed by atoms with E-state index in [9.17, 15) is 4.79 Å². The van der Waals surface area contributed by atoms with Gasteiger partial charge in [-0.25, -0.2) is 9.48 Å². The van der Waals surface area contributed by atoms with E-state index in [1.165, 1.54) is 7.11 Å². The number of rotatable bonds is 5. The number of hydrogen-bond acceptors (Lipinski definition) is 7. The van der Waals surface area contributed by atoms with Gasteiger partial charge in [0.25, 0.3) is 0 Å². The first-order valence-electron chi connectivity index (χ1n) is 7.28. The van der Waals surface area contributed by atoms with Gasteiger partial charge in [0.1, 0.15) is 5.75 Å². The Morgan fingerprint density at radius 1 is 1.25 bits per heavy atom. The molecule has 1 N–H and O–H groups in total. The molecule has 24 heavy (non-hydrogen) atoms. The average Bonchev–Trinajstić information content (AvgIpc) is 3.03. The summed E-state index contributed by atoms with van der Waals surface area (Å²) in [5.41, 5.74) is 1.31. The van der Waals surface area contributed by atoms with Gasteiger partial charge in [0.05, 0.1) is 32.0 Å². The van der Waals surface area contributed by atoms with Crippen molar-refractivity contribution in [3.05, 3.63) is 41.7 Å². The monoisotopic (exact) mass is 327 g/mol. The molecule has 0 amide bonds. The molecule has 0 radical (unpaired) electrons. The van der Waals surface area contributed by atoms with Gasteiger partial charge in [0.2, 0.25) is 0 Å². The van der Waals surface area contributed by atoms with Gasteiger partial charge in [-0.1, -0.05) is 12.1 Å². The second-order valence-electron chi connectivity index (χ2n) is 5.14. The van der Waals surface area contributed by atoms with E-state index in [4.69, 9.17) is 9.47 Å². The summed E-state index contributed by atoms with van der Waals surface area (Å²) in [5.74, 6) is 1.02. The van der Waals surface area contributed by atoms with Crippen molar-refractivity contribution < 1.29 is 14.3 Å². The molecule has 0 aliphatic rings. The lowest BCUT2D eigenvalue weighted by Gasteiger charge is -2.14. The molecule has 1 heterocycles. The number of anilines is 1. The SMILES string of the molecule is COC(=O)c1ccc2c(NCc3nnnn3C)c(OC)ccc2c1. The van der Waals surface area contributed by atoms with Crippen LogP contribution in [0.15, 0.2) is 30.3 Å². The molecule has 0 atom stereocenters. The summed E-state index contributed by atoms with van der Waals surface area (Å²) < 4.78 is 11.8. The van der Waals surface area contributed by atoms with E-state index in [-0.39, 0.29) is 5.97 Å². The van der Waals surface area contributed by atoms with Gasteiger partial charge in [0, 0.05) is 12.4 Å². The molecule has 0 saturated heterocycles. The third-order valence-electron chi connectivity index (χ3n) is 3.75. The Hall–Kier alpha value is -3.16. The van der Waals surface area contributed by atoms with Gasteiger partial charge in [-0.3, -0.25) is 0 Å². The smallest absolute Gasteiger partial charge is 0.337 e. The first-order valence-corrected chi connectivity index (χ1v) is 7.28. The van der Waals surface area contributed by atoms with Gasteiger partial charge in [0.15, 0.2) is 5.82 Å². The highest BCUT2D eigenvalue weighted by Gasteiger charge is 2.12. The van der Waals surface area contributed by atoms with E-state index in [0.717, 1.165) is 16.5 Å². The van der Waals surface area contributed by atoms with Crippen molar-refractivity contribution in [3.8, 4) is 5.75 Å². The lowest BCUT2D eigenvalue weighted by molar-refractivity contribution is 0.0601. The summed E-state index contributed by atoms with van der Waals surface area (Å²) in [6.45, 7) is 0.442. The first-order chi connectivity index (χ1) is 11.6. The number of carbonyl (C=O) groups excluding carboxylic acids is 1. The van der Waals surface area contributed by atoms with Crippen LogP contribution in [0.1, 0.15) is 16.2 Å². The van der Waals surface area contributed by atoms with Crippen LogP contribution in [-0.4, -0.2) is 40.4 Å². The van der Waals surface area contributed by atoms with Crippen molar-refractivity contribution in [2.45, 2.75) is 6.54 Å². The van der Waals surface area contributed by atoms with Crippen molar-refractivity contribution in [2.24, 2.45) is 7.05 Å². The molecule has 2 aromatic carbocycles. The molecule has 1 aromatic heterocycles. The van der Waals surface area contributed by atoms with E-state index >= 15 is 0 Å². The summed E-state index contributed by atoms with van der Waals surface area (Å²) in [4.78, 5) is 11.7. The Labute approximate surface area is 138 Å². The highest BCUT2D eigenvalue weighted by molar-refractivity contribution is 6.01. The van der Waals surface area contributed by atoms with Crippen LogP contribution in [0.4, 0.5) is 5.69 Å². The molecule has 0 aliphatic carbocycles. The van der Waals surface area contributed by atoms with Crippen molar-refractivity contribution in [1.29, 1.82) is 0 Å². The van der Waals surface area contributed by atoms with Gasteiger partial charge in [-0.15, -0.1) is 5.10 Å². The van der Waals surface area contributed by atoms with Gasteiger partial charge in [-0.2, -0.15) is 0 Å². The number of methoxy groups -OCH3 is 2. The fraction of sp³-hybridized carbons (Fsp3) is 0.250. The van der Waals surface area contributed by atoms with Crippen LogP contribution in [0.5, 0.6) is 5.75 Å². The average molecular weight is 327 g/mol. The zero-order chi connectivity index (χ0) is 17.1. The second-order valence-corrected chi connectivity index (χ2v) is 5.14. The van der Waals surface area contributed by atoms with E-state index in [1.807, 2.05) is 18.2 Å². The summed E-state index contributed by atoms with van der Waals surface area (Å²) in [5, 5.41) is 16.5. The number of aromatic nitrogens is 4. The van der Waals surface area contributed by atoms with Gasteiger partial charge < -0.3 is 14.8 Å². The van der Waals surface area contributed by atoms with Crippen LogP contribution in [0.2, 0.25) is 0 Å². The largest absolute Gasteiger partial charge is 0.495 e. The fourth-order valence-corrected chi connectivity index (χ4v) is 2.47. The summed E-state index contributed by atoms with van der Waals surface area (Å²) in [6, 6.07) is 9.12. The number of nitrogens with zero attached hydrogens (tertiary/aromatic N) is 4. The zero-order valence-electron chi connectivity index (χ0n) is 13.6.